The normalized spacial score (nSPS) is 10.6. The minimum Gasteiger partial charge on any atom is -0.368 e. The van der Waals surface area contributed by atoms with Crippen LogP contribution >= 0.6 is 0 Å². The zero-order valence-electron chi connectivity index (χ0n) is 6.02. The molecule has 0 aliphatic heterocycles. The molecule has 0 amide bonds. The molecule has 6 nitrogen and oxygen atoms in total. The fraction of sp³-hybridized carbons (Fsp3) is 0.200. The van der Waals surface area contributed by atoms with Crippen molar-refractivity contribution in [3.63, 3.8) is 0 Å². The summed E-state index contributed by atoms with van der Waals surface area (Å²) in [7, 11) is 1.76. The number of hydrogen-bond acceptors (Lipinski definition) is 4. The lowest BCUT2D eigenvalue weighted by Gasteiger charge is -2.00. The lowest BCUT2D eigenvalue weighted by Crippen LogP contribution is -2.17. The maximum atomic E-state index is 5.55. The summed E-state index contributed by atoms with van der Waals surface area (Å²) in [6, 6.07) is 0. The van der Waals surface area contributed by atoms with Crippen molar-refractivity contribution in [2.45, 2.75) is 0 Å². The zero-order chi connectivity index (χ0) is 7.84. The number of rotatable bonds is 1. The van der Waals surface area contributed by atoms with Gasteiger partial charge in [0.15, 0.2) is 0 Å². The van der Waals surface area contributed by atoms with E-state index in [4.69, 9.17) is 5.73 Å². The third kappa shape index (κ3) is 0.658. The number of aromatic nitrogens is 4. The van der Waals surface area contributed by atoms with Gasteiger partial charge >= 0.3 is 0 Å². The zero-order valence-corrected chi connectivity index (χ0v) is 6.02. The van der Waals surface area contributed by atoms with Gasteiger partial charge in [0.2, 0.25) is 5.95 Å². The van der Waals surface area contributed by atoms with Crippen LogP contribution in [-0.4, -0.2) is 26.6 Å². The van der Waals surface area contributed by atoms with Crippen molar-refractivity contribution in [2.75, 3.05) is 18.2 Å². The predicted octanol–water partition coefficient (Wildman–Crippen LogP) is -0.714. The van der Waals surface area contributed by atoms with E-state index in [2.05, 4.69) is 15.5 Å². The fourth-order valence-electron chi connectivity index (χ4n) is 0.992. The van der Waals surface area contributed by atoms with Crippen LogP contribution in [0.25, 0.3) is 5.52 Å². The number of nitrogens with zero attached hydrogens (tertiary/aromatic N) is 4. The average molecular weight is 152 g/mol. The van der Waals surface area contributed by atoms with Crippen molar-refractivity contribution >= 4 is 11.5 Å². The van der Waals surface area contributed by atoms with E-state index in [-0.39, 0.29) is 0 Å². The summed E-state index contributed by atoms with van der Waals surface area (Å²) in [6.45, 7) is 0. The molecule has 0 saturated heterocycles. The van der Waals surface area contributed by atoms with E-state index in [1.807, 2.05) is 0 Å². The van der Waals surface area contributed by atoms with E-state index in [1.54, 1.807) is 24.0 Å². The highest BCUT2D eigenvalue weighted by atomic mass is 15.7. The standard InChI is InChI=1S/C5H8N6/c1-7-11-9-3-4-2-8-5(6)10(4)11/h2-3,7H,1H3,(H2,6,8). The molecule has 3 N–H and O–H groups in total. The Bertz CT molecular complexity index is 371. The molecule has 0 aliphatic rings. The summed E-state index contributed by atoms with van der Waals surface area (Å²) in [5, 5.41) is 3.98. The average Bonchev–Trinajstić information content (AvgIpc) is 2.54. The van der Waals surface area contributed by atoms with Crippen molar-refractivity contribution in [2.24, 2.45) is 0 Å². The van der Waals surface area contributed by atoms with Gasteiger partial charge < -0.3 is 5.73 Å². The summed E-state index contributed by atoms with van der Waals surface area (Å²) in [5.41, 5.74) is 9.25. The smallest absolute Gasteiger partial charge is 0.223 e. The molecule has 11 heavy (non-hydrogen) atoms. The topological polar surface area (TPSA) is 73.2 Å². The Morgan fingerprint density at radius 3 is 3.09 bits per heavy atom. The van der Waals surface area contributed by atoms with Crippen LogP contribution in [0.1, 0.15) is 0 Å². The van der Waals surface area contributed by atoms with Gasteiger partial charge in [0, 0.05) is 7.05 Å². The quantitative estimate of drug-likeness (QED) is 0.566. The minimum atomic E-state index is 0.423. The summed E-state index contributed by atoms with van der Waals surface area (Å²) in [4.78, 5) is 5.42. The van der Waals surface area contributed by atoms with Crippen LogP contribution in [0.4, 0.5) is 5.95 Å². The second-order valence-corrected chi connectivity index (χ2v) is 2.11. The molecule has 0 bridgehead atoms. The summed E-state index contributed by atoms with van der Waals surface area (Å²) in [6.07, 6.45) is 3.34. The molecule has 0 spiro atoms. The Morgan fingerprint density at radius 2 is 2.36 bits per heavy atom. The highest BCUT2D eigenvalue weighted by molar-refractivity contribution is 5.47. The van der Waals surface area contributed by atoms with Crippen molar-refractivity contribution in [1.29, 1.82) is 0 Å². The molecule has 2 aromatic heterocycles. The Kier molecular flexibility index (Phi) is 1.03. The van der Waals surface area contributed by atoms with Crippen LogP contribution < -0.4 is 11.2 Å². The van der Waals surface area contributed by atoms with Gasteiger partial charge in [0.25, 0.3) is 0 Å². The molecule has 6 heteroatoms. The minimum absolute atomic E-state index is 0.423. The van der Waals surface area contributed by atoms with Gasteiger partial charge in [-0.1, -0.05) is 0 Å². The summed E-state index contributed by atoms with van der Waals surface area (Å²) in [5.74, 6) is 0.423. The molecule has 0 aliphatic carbocycles. The lowest BCUT2D eigenvalue weighted by atomic mass is 10.7. The first-order chi connectivity index (χ1) is 5.33. The van der Waals surface area contributed by atoms with Crippen molar-refractivity contribution < 1.29 is 0 Å². The summed E-state index contributed by atoms with van der Waals surface area (Å²) >= 11 is 0. The number of nitrogen functional groups attached to an aromatic ring is 1. The fourth-order valence-corrected chi connectivity index (χ4v) is 0.992. The van der Waals surface area contributed by atoms with Crippen LogP contribution in [0.15, 0.2) is 12.4 Å². The largest absolute Gasteiger partial charge is 0.368 e. The van der Waals surface area contributed by atoms with Crippen molar-refractivity contribution in [3.05, 3.63) is 12.4 Å². The van der Waals surface area contributed by atoms with Crippen LogP contribution in [0.5, 0.6) is 0 Å². The Labute approximate surface area is 62.6 Å². The number of hydrogen-bond donors (Lipinski definition) is 2. The van der Waals surface area contributed by atoms with Crippen LogP contribution in [0.2, 0.25) is 0 Å². The van der Waals surface area contributed by atoms with Crippen molar-refractivity contribution in [3.8, 4) is 0 Å². The first kappa shape index (κ1) is 6.02. The van der Waals surface area contributed by atoms with Gasteiger partial charge in [0.05, 0.1) is 12.4 Å². The second kappa shape index (κ2) is 1.88. The number of nitrogens with two attached hydrogens (primary N) is 1. The predicted molar refractivity (Wildman–Crippen MR) is 40.7 cm³/mol. The number of fused-ring (bicyclic) bond motifs is 1. The van der Waals surface area contributed by atoms with Crippen LogP contribution in [-0.2, 0) is 0 Å². The maximum Gasteiger partial charge on any atom is 0.223 e. The van der Waals surface area contributed by atoms with E-state index in [9.17, 15) is 0 Å². The van der Waals surface area contributed by atoms with Gasteiger partial charge in [-0.25, -0.2) is 4.98 Å². The van der Waals surface area contributed by atoms with Gasteiger partial charge in [-0.05, 0) is 0 Å². The SMILES string of the molecule is CNn1ncc2cnc(N)n21. The van der Waals surface area contributed by atoms with Crippen LogP contribution in [0, 0.1) is 0 Å². The molecule has 0 unspecified atom stereocenters. The third-order valence-corrected chi connectivity index (χ3v) is 1.48. The van der Waals surface area contributed by atoms with Gasteiger partial charge in [-0.3, -0.25) is 5.43 Å². The Hall–Kier alpha value is -1.72. The second-order valence-electron chi connectivity index (χ2n) is 2.11. The molecular formula is C5H8N6. The molecule has 0 radical (unpaired) electrons. The highest BCUT2D eigenvalue weighted by Crippen LogP contribution is 2.04. The van der Waals surface area contributed by atoms with Crippen LogP contribution in [0.3, 0.4) is 0 Å². The molecule has 2 aromatic rings. The Balaban J connectivity index is 2.80. The molecule has 0 aromatic carbocycles. The molecule has 0 saturated carbocycles. The monoisotopic (exact) mass is 152 g/mol. The molecule has 0 atom stereocenters. The highest BCUT2D eigenvalue weighted by Gasteiger charge is 2.03. The lowest BCUT2D eigenvalue weighted by molar-refractivity contribution is 0.627. The first-order valence-corrected chi connectivity index (χ1v) is 3.18. The molecule has 58 valence electrons. The number of anilines is 1. The number of imidazole rings is 1. The molecular weight excluding hydrogens is 144 g/mol. The molecule has 2 heterocycles. The van der Waals surface area contributed by atoms with Gasteiger partial charge in [-0.15, -0.1) is 10.0 Å². The van der Waals surface area contributed by atoms with E-state index < -0.39 is 0 Å². The third-order valence-electron chi connectivity index (χ3n) is 1.48. The van der Waals surface area contributed by atoms with Gasteiger partial charge in [0.1, 0.15) is 5.52 Å². The molecule has 2 rings (SSSR count). The van der Waals surface area contributed by atoms with Gasteiger partial charge in [-0.2, -0.15) is 4.52 Å². The summed E-state index contributed by atoms with van der Waals surface area (Å²) < 4.78 is 1.67. The van der Waals surface area contributed by atoms with E-state index in [0.717, 1.165) is 5.52 Å². The number of nitrogens with one attached hydrogen (secondary N) is 1. The van der Waals surface area contributed by atoms with Crippen molar-refractivity contribution in [1.82, 2.24) is 19.5 Å². The van der Waals surface area contributed by atoms with E-state index >= 15 is 0 Å². The first-order valence-electron chi connectivity index (χ1n) is 3.18. The van der Waals surface area contributed by atoms with E-state index in [0.29, 0.717) is 5.95 Å². The van der Waals surface area contributed by atoms with E-state index in [1.165, 1.54) is 4.91 Å². The maximum absolute atomic E-state index is 5.55. The Morgan fingerprint density at radius 1 is 1.55 bits per heavy atom. The molecule has 0 fully saturated rings.